The number of ether oxygens (including phenoxy) is 1. The minimum absolute atomic E-state index is 0.123. The Bertz CT molecular complexity index is 850. The van der Waals surface area contributed by atoms with E-state index in [4.69, 9.17) is 4.74 Å². The van der Waals surface area contributed by atoms with Gasteiger partial charge in [0.15, 0.2) is 6.61 Å². The van der Waals surface area contributed by atoms with Gasteiger partial charge in [-0.25, -0.2) is 0 Å². The number of thioether (sulfide) groups is 2. The van der Waals surface area contributed by atoms with E-state index in [1.54, 1.807) is 13.0 Å². The molecule has 0 aromatic heterocycles. The third kappa shape index (κ3) is 4.75. The zero-order valence-corrected chi connectivity index (χ0v) is 16.7. The molecule has 142 valence electrons. The Morgan fingerprint density at radius 1 is 1.19 bits per heavy atom. The maximum atomic E-state index is 12.2. The molecule has 1 fully saturated rings. The standard InChI is InChI=1S/C19H20N2O4S2/c1-12-3-8-16(21(23)24)18(13(12)2)20-17(22)11-25-15-6-4-14(5-7-15)19-26-9-10-27-19/h3-8,19H,9-11H2,1-2H3,(H,20,22). The number of nitro benzene ring substituents is 1. The summed E-state index contributed by atoms with van der Waals surface area (Å²) < 4.78 is 6.00. The fourth-order valence-electron chi connectivity index (χ4n) is 2.71. The number of amides is 1. The smallest absolute Gasteiger partial charge is 0.293 e. The van der Waals surface area contributed by atoms with Crippen LogP contribution < -0.4 is 10.1 Å². The number of aryl methyl sites for hydroxylation is 1. The summed E-state index contributed by atoms with van der Waals surface area (Å²) in [5.74, 6) is 2.49. The van der Waals surface area contributed by atoms with Crippen LogP contribution in [-0.4, -0.2) is 28.9 Å². The number of carbonyl (C=O) groups excluding carboxylic acids is 1. The Hall–Kier alpha value is -2.19. The predicted octanol–water partition coefficient (Wildman–Crippen LogP) is 4.71. The number of nitro groups is 1. The highest BCUT2D eigenvalue weighted by molar-refractivity contribution is 8.19. The molecule has 0 saturated carbocycles. The molecule has 0 spiro atoms. The summed E-state index contributed by atoms with van der Waals surface area (Å²) >= 11 is 3.86. The molecule has 0 bridgehead atoms. The summed E-state index contributed by atoms with van der Waals surface area (Å²) in [5.41, 5.74) is 2.88. The molecule has 8 heteroatoms. The predicted molar refractivity (Wildman–Crippen MR) is 111 cm³/mol. The topological polar surface area (TPSA) is 81.5 Å². The van der Waals surface area contributed by atoms with Crippen molar-refractivity contribution in [2.24, 2.45) is 0 Å². The lowest BCUT2D eigenvalue weighted by molar-refractivity contribution is -0.384. The van der Waals surface area contributed by atoms with Crippen molar-refractivity contribution >= 4 is 40.8 Å². The SMILES string of the molecule is Cc1ccc([N+](=O)[O-])c(NC(=O)COc2ccc(C3SCCS3)cc2)c1C. The van der Waals surface area contributed by atoms with Gasteiger partial charge in [-0.2, -0.15) is 0 Å². The minimum atomic E-state index is -0.499. The Morgan fingerprint density at radius 3 is 2.48 bits per heavy atom. The second kappa shape index (κ2) is 8.67. The minimum Gasteiger partial charge on any atom is -0.484 e. The van der Waals surface area contributed by atoms with Gasteiger partial charge in [-0.15, -0.1) is 23.5 Å². The van der Waals surface area contributed by atoms with E-state index in [0.29, 0.717) is 15.9 Å². The molecule has 3 rings (SSSR count). The van der Waals surface area contributed by atoms with Gasteiger partial charge in [0.25, 0.3) is 11.6 Å². The van der Waals surface area contributed by atoms with Gasteiger partial charge in [-0.1, -0.05) is 18.2 Å². The molecule has 2 aromatic rings. The highest BCUT2D eigenvalue weighted by Crippen LogP contribution is 2.45. The molecule has 0 radical (unpaired) electrons. The first kappa shape index (κ1) is 19.6. The number of carbonyl (C=O) groups is 1. The van der Waals surface area contributed by atoms with Crippen LogP contribution in [-0.2, 0) is 4.79 Å². The monoisotopic (exact) mass is 404 g/mol. The first-order chi connectivity index (χ1) is 13.0. The molecule has 2 aromatic carbocycles. The zero-order chi connectivity index (χ0) is 19.4. The molecule has 27 heavy (non-hydrogen) atoms. The van der Waals surface area contributed by atoms with Crippen molar-refractivity contribution in [3.05, 3.63) is 63.2 Å². The molecule has 1 aliphatic heterocycles. The van der Waals surface area contributed by atoms with Crippen LogP contribution in [0.2, 0.25) is 0 Å². The van der Waals surface area contributed by atoms with E-state index in [1.165, 1.54) is 11.6 Å². The van der Waals surface area contributed by atoms with Crippen molar-refractivity contribution in [2.45, 2.75) is 18.4 Å². The molecule has 1 saturated heterocycles. The van der Waals surface area contributed by atoms with Crippen LogP contribution in [0.4, 0.5) is 11.4 Å². The fraction of sp³-hybridized carbons (Fsp3) is 0.316. The van der Waals surface area contributed by atoms with Crippen LogP contribution in [0.3, 0.4) is 0 Å². The summed E-state index contributed by atoms with van der Waals surface area (Å²) in [6, 6.07) is 10.8. The highest BCUT2D eigenvalue weighted by Gasteiger charge is 2.20. The first-order valence-corrected chi connectivity index (χ1v) is 10.6. The summed E-state index contributed by atoms with van der Waals surface area (Å²) in [7, 11) is 0. The van der Waals surface area contributed by atoms with Crippen molar-refractivity contribution in [1.82, 2.24) is 0 Å². The third-order valence-corrected chi connectivity index (χ3v) is 7.42. The molecule has 1 N–H and O–H groups in total. The molecular weight excluding hydrogens is 384 g/mol. The van der Waals surface area contributed by atoms with Crippen molar-refractivity contribution in [2.75, 3.05) is 23.4 Å². The highest BCUT2D eigenvalue weighted by atomic mass is 32.2. The van der Waals surface area contributed by atoms with E-state index in [0.717, 1.165) is 17.1 Å². The number of hydrogen-bond acceptors (Lipinski definition) is 6. The van der Waals surface area contributed by atoms with Crippen LogP contribution in [0.25, 0.3) is 0 Å². The van der Waals surface area contributed by atoms with Crippen LogP contribution in [0.15, 0.2) is 36.4 Å². The number of rotatable bonds is 6. The van der Waals surface area contributed by atoms with Crippen molar-refractivity contribution in [3.63, 3.8) is 0 Å². The van der Waals surface area contributed by atoms with E-state index >= 15 is 0 Å². The fourth-order valence-corrected chi connectivity index (χ4v) is 5.57. The molecule has 1 aliphatic rings. The molecule has 0 unspecified atom stereocenters. The summed E-state index contributed by atoms with van der Waals surface area (Å²) in [4.78, 5) is 22.9. The van der Waals surface area contributed by atoms with Crippen molar-refractivity contribution in [3.8, 4) is 5.75 Å². The van der Waals surface area contributed by atoms with Crippen LogP contribution >= 0.6 is 23.5 Å². The lowest BCUT2D eigenvalue weighted by atomic mass is 10.1. The van der Waals surface area contributed by atoms with E-state index < -0.39 is 10.8 Å². The average Bonchev–Trinajstić information content (AvgIpc) is 3.19. The Balaban J connectivity index is 1.62. The van der Waals surface area contributed by atoms with E-state index in [-0.39, 0.29) is 18.0 Å². The van der Waals surface area contributed by atoms with Crippen LogP contribution in [0, 0.1) is 24.0 Å². The number of nitrogens with zero attached hydrogens (tertiary/aromatic N) is 1. The van der Waals surface area contributed by atoms with Crippen LogP contribution in [0.1, 0.15) is 21.3 Å². The number of nitrogens with one attached hydrogen (secondary N) is 1. The largest absolute Gasteiger partial charge is 0.484 e. The molecule has 6 nitrogen and oxygen atoms in total. The van der Waals surface area contributed by atoms with Gasteiger partial charge in [0.05, 0.1) is 9.51 Å². The second-order valence-electron chi connectivity index (χ2n) is 6.14. The van der Waals surface area contributed by atoms with Crippen molar-refractivity contribution < 1.29 is 14.5 Å². The van der Waals surface area contributed by atoms with Gasteiger partial charge in [0.1, 0.15) is 11.4 Å². The summed E-state index contributed by atoms with van der Waals surface area (Å²) in [6.07, 6.45) is 0. The average molecular weight is 405 g/mol. The van der Waals surface area contributed by atoms with Gasteiger partial charge in [0, 0.05) is 17.6 Å². The Kier molecular flexibility index (Phi) is 6.28. The molecule has 1 heterocycles. The maximum Gasteiger partial charge on any atom is 0.293 e. The number of anilines is 1. The zero-order valence-electron chi connectivity index (χ0n) is 15.1. The lowest BCUT2D eigenvalue weighted by Gasteiger charge is -2.12. The second-order valence-corrected chi connectivity index (χ2v) is 8.86. The number of hydrogen-bond donors (Lipinski definition) is 1. The first-order valence-electron chi connectivity index (χ1n) is 8.46. The summed E-state index contributed by atoms with van der Waals surface area (Å²) in [5, 5.41) is 13.8. The van der Waals surface area contributed by atoms with Gasteiger partial charge >= 0.3 is 0 Å². The van der Waals surface area contributed by atoms with E-state index in [2.05, 4.69) is 5.32 Å². The maximum absolute atomic E-state index is 12.2. The van der Waals surface area contributed by atoms with E-state index in [1.807, 2.05) is 54.7 Å². The molecule has 0 aliphatic carbocycles. The molecule has 0 atom stereocenters. The Morgan fingerprint density at radius 2 is 1.85 bits per heavy atom. The normalized spacial score (nSPS) is 14.1. The Labute approximate surface area is 166 Å². The van der Waals surface area contributed by atoms with Gasteiger partial charge in [-0.3, -0.25) is 14.9 Å². The quantitative estimate of drug-likeness (QED) is 0.555. The molecular formula is C19H20N2O4S2. The van der Waals surface area contributed by atoms with Gasteiger partial charge < -0.3 is 10.1 Å². The number of benzene rings is 2. The summed E-state index contributed by atoms with van der Waals surface area (Å²) in [6.45, 7) is 3.38. The van der Waals surface area contributed by atoms with Gasteiger partial charge in [-0.05, 0) is 42.7 Å². The van der Waals surface area contributed by atoms with Crippen molar-refractivity contribution in [1.29, 1.82) is 0 Å². The molecule has 1 amide bonds. The van der Waals surface area contributed by atoms with E-state index in [9.17, 15) is 14.9 Å². The van der Waals surface area contributed by atoms with Gasteiger partial charge in [0.2, 0.25) is 0 Å². The third-order valence-electron chi connectivity index (χ3n) is 4.32. The van der Waals surface area contributed by atoms with Crippen LogP contribution in [0.5, 0.6) is 5.75 Å². The lowest BCUT2D eigenvalue weighted by Crippen LogP contribution is -2.21.